The van der Waals surface area contributed by atoms with Crippen LogP contribution < -0.4 is 0 Å². The maximum atomic E-state index is 13.0. The Morgan fingerprint density at radius 3 is 0.697 bits per heavy atom. The van der Waals surface area contributed by atoms with E-state index in [1.165, 1.54) is 141 Å². The SMILES string of the molecule is CC(C)CCCCCCCCCCCCCC(=O)O[C@H](COC(=O)CCCCCCCCCCC(C)C)COP(=O)(O)OCC(O)COP(=O)(O)OC[C@@H](COC(=O)CCCCCCCCCC(C)C)OC(=O)CCCCCCCCCCCCCC(C)C. The van der Waals surface area contributed by atoms with Crippen molar-refractivity contribution < 1.29 is 80.2 Å². The van der Waals surface area contributed by atoms with Crippen LogP contribution in [0.2, 0.25) is 0 Å². The van der Waals surface area contributed by atoms with E-state index >= 15 is 0 Å². The number of hydrogen-bond donors (Lipinski definition) is 3. The van der Waals surface area contributed by atoms with Crippen molar-refractivity contribution in [2.45, 2.75) is 363 Å². The van der Waals surface area contributed by atoms with Gasteiger partial charge in [0.15, 0.2) is 12.2 Å². The van der Waals surface area contributed by atoms with E-state index < -0.39 is 97.5 Å². The molecule has 5 atom stereocenters. The predicted molar refractivity (Wildman–Crippen MR) is 358 cm³/mol. The number of phosphoric ester groups is 2. The largest absolute Gasteiger partial charge is 0.472 e. The van der Waals surface area contributed by atoms with Crippen LogP contribution in [0.15, 0.2) is 0 Å². The monoisotopic (exact) mass is 1310 g/mol. The summed E-state index contributed by atoms with van der Waals surface area (Å²) in [6.07, 6.45) is 41.7. The van der Waals surface area contributed by atoms with Gasteiger partial charge in [0.1, 0.15) is 19.3 Å². The molecule has 0 spiro atoms. The van der Waals surface area contributed by atoms with Gasteiger partial charge < -0.3 is 33.8 Å². The Hall–Kier alpha value is -1.94. The fourth-order valence-corrected chi connectivity index (χ4v) is 12.1. The third-order valence-corrected chi connectivity index (χ3v) is 18.0. The first kappa shape index (κ1) is 87.1. The summed E-state index contributed by atoms with van der Waals surface area (Å²) in [7, 11) is -9.90. The minimum atomic E-state index is -4.95. The molecule has 3 unspecified atom stereocenters. The van der Waals surface area contributed by atoms with Gasteiger partial charge in [-0.3, -0.25) is 37.3 Å². The smallest absolute Gasteiger partial charge is 0.462 e. The zero-order valence-corrected chi connectivity index (χ0v) is 59.8. The van der Waals surface area contributed by atoms with Crippen molar-refractivity contribution >= 4 is 39.5 Å². The molecule has 0 saturated heterocycles. The molecule has 0 aromatic carbocycles. The number of aliphatic hydroxyl groups is 1. The molecule has 3 N–H and O–H groups in total. The number of aliphatic hydroxyl groups excluding tert-OH is 1. The van der Waals surface area contributed by atoms with Crippen molar-refractivity contribution in [1.82, 2.24) is 0 Å². The number of hydrogen-bond acceptors (Lipinski definition) is 15. The molecule has 0 aliphatic rings. The molecule has 0 radical (unpaired) electrons. The molecule has 0 heterocycles. The van der Waals surface area contributed by atoms with Crippen molar-refractivity contribution in [3.63, 3.8) is 0 Å². The summed E-state index contributed by atoms with van der Waals surface area (Å²) in [6, 6.07) is 0. The fraction of sp³-hybridized carbons (Fsp3) is 0.943. The predicted octanol–water partition coefficient (Wildman–Crippen LogP) is 19.7. The quantitative estimate of drug-likeness (QED) is 0.0222. The molecule has 0 aromatic rings. The van der Waals surface area contributed by atoms with Crippen molar-refractivity contribution in [2.24, 2.45) is 23.7 Å². The van der Waals surface area contributed by atoms with E-state index in [0.717, 1.165) is 114 Å². The van der Waals surface area contributed by atoms with Crippen LogP contribution in [-0.2, 0) is 65.4 Å². The molecule has 0 rings (SSSR count). The van der Waals surface area contributed by atoms with Crippen LogP contribution in [0.25, 0.3) is 0 Å². The van der Waals surface area contributed by atoms with Crippen molar-refractivity contribution in [2.75, 3.05) is 39.6 Å². The molecule has 19 heteroatoms. The van der Waals surface area contributed by atoms with Crippen LogP contribution in [0.1, 0.15) is 344 Å². The average Bonchev–Trinajstić information content (AvgIpc) is 3.66. The van der Waals surface area contributed by atoms with E-state index in [0.29, 0.717) is 31.6 Å². The average molecular weight is 1310 g/mol. The minimum absolute atomic E-state index is 0.105. The summed E-state index contributed by atoms with van der Waals surface area (Å²) < 4.78 is 68.3. The molecular weight excluding hydrogens is 1170 g/mol. The first-order valence-electron chi connectivity index (χ1n) is 36.2. The van der Waals surface area contributed by atoms with Gasteiger partial charge in [-0.15, -0.1) is 0 Å². The third kappa shape index (κ3) is 64.6. The van der Waals surface area contributed by atoms with Crippen LogP contribution in [0.4, 0.5) is 0 Å². The topological polar surface area (TPSA) is 237 Å². The summed E-state index contributed by atoms with van der Waals surface area (Å²) >= 11 is 0. The van der Waals surface area contributed by atoms with Crippen LogP contribution in [0.3, 0.4) is 0 Å². The molecule has 0 amide bonds. The van der Waals surface area contributed by atoms with E-state index in [1.54, 1.807) is 0 Å². The number of carbonyl (C=O) groups excluding carboxylic acids is 4. The van der Waals surface area contributed by atoms with E-state index in [4.69, 9.17) is 37.0 Å². The Morgan fingerprint density at radius 1 is 0.281 bits per heavy atom. The fourth-order valence-electron chi connectivity index (χ4n) is 10.5. The highest BCUT2D eigenvalue weighted by Gasteiger charge is 2.30. The molecule has 89 heavy (non-hydrogen) atoms. The van der Waals surface area contributed by atoms with E-state index in [1.807, 2.05) is 0 Å². The van der Waals surface area contributed by atoms with Gasteiger partial charge in [-0.25, -0.2) is 9.13 Å². The molecule has 17 nitrogen and oxygen atoms in total. The van der Waals surface area contributed by atoms with Gasteiger partial charge in [0.25, 0.3) is 0 Å². The van der Waals surface area contributed by atoms with Crippen LogP contribution in [0.5, 0.6) is 0 Å². The minimum Gasteiger partial charge on any atom is -0.462 e. The maximum Gasteiger partial charge on any atom is 0.472 e. The van der Waals surface area contributed by atoms with Gasteiger partial charge >= 0.3 is 39.5 Å². The maximum absolute atomic E-state index is 13.0. The highest BCUT2D eigenvalue weighted by atomic mass is 31.2. The lowest BCUT2D eigenvalue weighted by atomic mass is 10.0. The summed E-state index contributed by atoms with van der Waals surface area (Å²) in [6.45, 7) is 14.1. The number of phosphoric acid groups is 2. The van der Waals surface area contributed by atoms with Crippen LogP contribution >= 0.6 is 15.6 Å². The summed E-state index contributed by atoms with van der Waals surface area (Å²) in [4.78, 5) is 72.5. The zero-order valence-electron chi connectivity index (χ0n) is 58.1. The summed E-state index contributed by atoms with van der Waals surface area (Å²) in [5, 5.41) is 10.6. The molecule has 0 aliphatic heterocycles. The van der Waals surface area contributed by atoms with Crippen molar-refractivity contribution in [3.05, 3.63) is 0 Å². The van der Waals surface area contributed by atoms with Crippen LogP contribution in [0, 0.1) is 23.7 Å². The number of esters is 4. The lowest BCUT2D eigenvalue weighted by Crippen LogP contribution is -2.30. The summed E-state index contributed by atoms with van der Waals surface area (Å²) in [5.74, 6) is 0.832. The van der Waals surface area contributed by atoms with Crippen LogP contribution in [-0.4, -0.2) is 96.7 Å². The highest BCUT2D eigenvalue weighted by molar-refractivity contribution is 7.47. The van der Waals surface area contributed by atoms with E-state index in [2.05, 4.69) is 55.4 Å². The standard InChI is InChI=1S/C70H136O17P2/c1-60(2)46-38-30-22-15-11-9-13-17-27-36-44-52-69(74)86-65(56-80-67(72)50-42-34-26-20-19-24-32-40-48-62(5)6)58-84-88(76,77)82-54-64(71)55-83-89(78,79)85-59-66(57-81-68(73)51-43-35-29-21-25-33-41-49-63(7)8)87-70(75)53-45-37-28-18-14-10-12-16-23-31-39-47-61(3)4/h60-66,71H,9-59H2,1-8H3,(H,76,77)(H,78,79)/t64?,65-,66-/m1/s1. The Morgan fingerprint density at radius 2 is 0.472 bits per heavy atom. The zero-order chi connectivity index (χ0) is 66.1. The number of unbranched alkanes of at least 4 members (excludes halogenated alkanes) is 33. The Labute approximate surface area is 543 Å². The second-order valence-corrected chi connectivity index (χ2v) is 30.1. The lowest BCUT2D eigenvalue weighted by Gasteiger charge is -2.21. The molecule has 0 saturated carbocycles. The molecule has 0 fully saturated rings. The van der Waals surface area contributed by atoms with E-state index in [-0.39, 0.29) is 25.7 Å². The van der Waals surface area contributed by atoms with Gasteiger partial charge in [-0.2, -0.15) is 0 Å². The number of ether oxygens (including phenoxy) is 4. The van der Waals surface area contributed by atoms with Gasteiger partial charge in [0.2, 0.25) is 0 Å². The lowest BCUT2D eigenvalue weighted by molar-refractivity contribution is -0.161. The van der Waals surface area contributed by atoms with Crippen molar-refractivity contribution in [1.29, 1.82) is 0 Å². The first-order chi connectivity index (χ1) is 42.6. The van der Waals surface area contributed by atoms with Gasteiger partial charge in [-0.1, -0.05) is 293 Å². The second kappa shape index (κ2) is 59.8. The summed E-state index contributed by atoms with van der Waals surface area (Å²) in [5.41, 5.74) is 0. The van der Waals surface area contributed by atoms with Gasteiger partial charge in [0, 0.05) is 25.7 Å². The third-order valence-electron chi connectivity index (χ3n) is 16.1. The van der Waals surface area contributed by atoms with Gasteiger partial charge in [0.05, 0.1) is 26.4 Å². The van der Waals surface area contributed by atoms with Gasteiger partial charge in [-0.05, 0) is 49.4 Å². The normalized spacial score (nSPS) is 14.3. The van der Waals surface area contributed by atoms with Crippen molar-refractivity contribution in [3.8, 4) is 0 Å². The molecule has 0 aliphatic carbocycles. The molecule has 528 valence electrons. The Balaban J connectivity index is 5.26. The highest BCUT2D eigenvalue weighted by Crippen LogP contribution is 2.45. The number of rotatable bonds is 67. The Kier molecular flexibility index (Phi) is 58.5. The molecule has 0 bridgehead atoms. The Bertz CT molecular complexity index is 1760. The second-order valence-electron chi connectivity index (χ2n) is 27.2. The van der Waals surface area contributed by atoms with E-state index in [9.17, 15) is 43.2 Å². The molecule has 0 aromatic heterocycles. The first-order valence-corrected chi connectivity index (χ1v) is 39.2. The number of carbonyl (C=O) groups is 4. The molecular formula is C70H136O17P2.